The lowest BCUT2D eigenvalue weighted by Gasteiger charge is -2.22. The second-order valence-electron chi connectivity index (χ2n) is 5.27. The molecule has 5 heteroatoms. The molecular formula is C17H19NO3S. The van der Waals surface area contributed by atoms with Crippen LogP contribution in [0.4, 0.5) is 0 Å². The highest BCUT2D eigenvalue weighted by atomic mass is 32.1. The van der Waals surface area contributed by atoms with E-state index in [1.807, 2.05) is 31.2 Å². The molecule has 2 aromatic rings. The molecule has 22 heavy (non-hydrogen) atoms. The number of carbonyl (C=O) groups excluding carboxylic acids is 1. The maximum absolute atomic E-state index is 12.3. The number of amides is 1. The number of aryl methyl sites for hydroxylation is 1. The van der Waals surface area contributed by atoms with E-state index in [1.165, 1.54) is 11.3 Å². The summed E-state index contributed by atoms with van der Waals surface area (Å²) in [6, 6.07) is 12.1. The van der Waals surface area contributed by atoms with E-state index in [2.05, 4.69) is 17.4 Å². The summed E-state index contributed by atoms with van der Waals surface area (Å²) in [5, 5.41) is 2.93. The maximum atomic E-state index is 12.3. The predicted molar refractivity (Wildman–Crippen MR) is 87.4 cm³/mol. The highest BCUT2D eigenvalue weighted by molar-refractivity contribution is 7.17. The van der Waals surface area contributed by atoms with Crippen LogP contribution in [0, 0.1) is 6.92 Å². The second-order valence-corrected chi connectivity index (χ2v) is 6.32. The van der Waals surface area contributed by atoms with E-state index in [-0.39, 0.29) is 12.0 Å². The third-order valence-electron chi connectivity index (χ3n) is 3.55. The fourth-order valence-electron chi connectivity index (χ4n) is 2.42. The fourth-order valence-corrected chi connectivity index (χ4v) is 3.51. The molecular weight excluding hydrogens is 298 g/mol. The lowest BCUT2D eigenvalue weighted by Crippen LogP contribution is -2.39. The van der Waals surface area contributed by atoms with Gasteiger partial charge < -0.3 is 14.8 Å². The Bertz CT molecular complexity index is 633. The molecule has 0 bridgehead atoms. The predicted octanol–water partition coefficient (Wildman–Crippen LogP) is 2.87. The summed E-state index contributed by atoms with van der Waals surface area (Å²) in [4.78, 5) is 14.2. The molecule has 0 saturated carbocycles. The first-order chi connectivity index (χ1) is 10.7. The van der Waals surface area contributed by atoms with Crippen LogP contribution in [0.25, 0.3) is 10.4 Å². The summed E-state index contributed by atoms with van der Waals surface area (Å²) in [5.74, 6) is -0.0514. The molecule has 1 aliphatic heterocycles. The van der Waals surface area contributed by atoms with Gasteiger partial charge in [0, 0.05) is 11.4 Å². The molecule has 1 fully saturated rings. The zero-order chi connectivity index (χ0) is 15.4. The Morgan fingerprint density at radius 1 is 1.32 bits per heavy atom. The van der Waals surface area contributed by atoms with Gasteiger partial charge in [0.2, 0.25) is 0 Å². The molecule has 1 aromatic heterocycles. The number of hydrogen-bond acceptors (Lipinski definition) is 4. The number of carbonyl (C=O) groups is 1. The van der Waals surface area contributed by atoms with Gasteiger partial charge in [-0.15, -0.1) is 11.3 Å². The van der Waals surface area contributed by atoms with Gasteiger partial charge in [0.15, 0.2) is 0 Å². The van der Waals surface area contributed by atoms with Crippen LogP contribution in [0.5, 0.6) is 0 Å². The minimum Gasteiger partial charge on any atom is -0.376 e. The molecule has 116 valence electrons. The molecule has 1 aliphatic rings. The number of ether oxygens (including phenoxy) is 2. The summed E-state index contributed by atoms with van der Waals surface area (Å²) in [5.41, 5.74) is 2.27. The molecule has 2 heterocycles. The van der Waals surface area contributed by atoms with Crippen molar-refractivity contribution < 1.29 is 14.3 Å². The first-order valence-corrected chi connectivity index (χ1v) is 8.19. The summed E-state index contributed by atoms with van der Waals surface area (Å²) in [6.45, 7) is 4.29. The minimum absolute atomic E-state index is 0.0487. The standard InChI is InChI=1S/C17H19NO3S/c1-12-9-15(22-16(12)13-5-3-2-4-6-13)17(19)18-10-14-11-20-7-8-21-14/h2-6,9,14H,7-8,10-11H2,1H3,(H,18,19). The van der Waals surface area contributed by atoms with Crippen LogP contribution in [0.1, 0.15) is 15.2 Å². The monoisotopic (exact) mass is 317 g/mol. The van der Waals surface area contributed by atoms with Crippen molar-refractivity contribution in [2.45, 2.75) is 13.0 Å². The van der Waals surface area contributed by atoms with Crippen LogP contribution in [0.2, 0.25) is 0 Å². The lowest BCUT2D eigenvalue weighted by molar-refractivity contribution is -0.0855. The fraction of sp³-hybridized carbons (Fsp3) is 0.353. The van der Waals surface area contributed by atoms with E-state index in [9.17, 15) is 4.79 Å². The van der Waals surface area contributed by atoms with Crippen molar-refractivity contribution in [1.82, 2.24) is 5.32 Å². The molecule has 1 amide bonds. The largest absolute Gasteiger partial charge is 0.376 e. The number of rotatable bonds is 4. The maximum Gasteiger partial charge on any atom is 0.261 e. The molecule has 1 atom stereocenters. The van der Waals surface area contributed by atoms with Crippen LogP contribution in [0.3, 0.4) is 0 Å². The van der Waals surface area contributed by atoms with Crippen LogP contribution in [0.15, 0.2) is 36.4 Å². The molecule has 3 rings (SSSR count). The van der Waals surface area contributed by atoms with Crippen molar-refractivity contribution in [3.63, 3.8) is 0 Å². The molecule has 1 N–H and O–H groups in total. The van der Waals surface area contributed by atoms with Crippen molar-refractivity contribution in [3.8, 4) is 10.4 Å². The number of nitrogens with one attached hydrogen (secondary N) is 1. The number of benzene rings is 1. The Kier molecular flexibility index (Phi) is 4.87. The number of hydrogen-bond donors (Lipinski definition) is 1. The summed E-state index contributed by atoms with van der Waals surface area (Å²) in [6.07, 6.45) is -0.0487. The van der Waals surface area contributed by atoms with Gasteiger partial charge in [-0.05, 0) is 24.1 Å². The van der Waals surface area contributed by atoms with E-state index in [1.54, 1.807) is 0 Å². The van der Waals surface area contributed by atoms with Gasteiger partial charge in [-0.2, -0.15) is 0 Å². The molecule has 1 unspecified atom stereocenters. The van der Waals surface area contributed by atoms with Crippen molar-refractivity contribution in [3.05, 3.63) is 46.8 Å². The van der Waals surface area contributed by atoms with E-state index in [0.717, 1.165) is 20.9 Å². The van der Waals surface area contributed by atoms with Gasteiger partial charge in [-0.3, -0.25) is 4.79 Å². The van der Waals surface area contributed by atoms with E-state index >= 15 is 0 Å². The topological polar surface area (TPSA) is 47.6 Å². The van der Waals surface area contributed by atoms with E-state index in [0.29, 0.717) is 26.4 Å². The van der Waals surface area contributed by atoms with Gasteiger partial charge >= 0.3 is 0 Å². The lowest BCUT2D eigenvalue weighted by atomic mass is 10.1. The zero-order valence-electron chi connectivity index (χ0n) is 12.5. The van der Waals surface area contributed by atoms with Gasteiger partial charge in [0.25, 0.3) is 5.91 Å². The Labute approximate surface area is 134 Å². The second kappa shape index (κ2) is 7.05. The average molecular weight is 317 g/mol. The van der Waals surface area contributed by atoms with Crippen LogP contribution in [-0.4, -0.2) is 38.4 Å². The Morgan fingerprint density at radius 3 is 2.86 bits per heavy atom. The van der Waals surface area contributed by atoms with Crippen LogP contribution < -0.4 is 5.32 Å². The average Bonchev–Trinajstić information content (AvgIpc) is 2.96. The highest BCUT2D eigenvalue weighted by Crippen LogP contribution is 2.32. The Morgan fingerprint density at radius 2 is 2.14 bits per heavy atom. The zero-order valence-corrected chi connectivity index (χ0v) is 13.3. The molecule has 1 saturated heterocycles. The quantitative estimate of drug-likeness (QED) is 0.943. The van der Waals surface area contributed by atoms with Crippen molar-refractivity contribution in [1.29, 1.82) is 0 Å². The van der Waals surface area contributed by atoms with Gasteiger partial charge in [-0.1, -0.05) is 30.3 Å². The summed E-state index contributed by atoms with van der Waals surface area (Å²) in [7, 11) is 0. The first-order valence-electron chi connectivity index (χ1n) is 7.37. The van der Waals surface area contributed by atoms with E-state index < -0.39 is 0 Å². The smallest absolute Gasteiger partial charge is 0.261 e. The molecule has 4 nitrogen and oxygen atoms in total. The molecule has 0 radical (unpaired) electrons. The Hall–Kier alpha value is -1.69. The SMILES string of the molecule is Cc1cc(C(=O)NCC2COCCO2)sc1-c1ccccc1. The third kappa shape index (κ3) is 3.55. The molecule has 0 aliphatic carbocycles. The van der Waals surface area contributed by atoms with Crippen molar-refractivity contribution >= 4 is 17.2 Å². The van der Waals surface area contributed by atoms with Gasteiger partial charge in [0.1, 0.15) is 0 Å². The normalized spacial score (nSPS) is 18.1. The minimum atomic E-state index is -0.0514. The van der Waals surface area contributed by atoms with Crippen molar-refractivity contribution in [2.75, 3.05) is 26.4 Å². The van der Waals surface area contributed by atoms with Gasteiger partial charge in [0.05, 0.1) is 30.8 Å². The van der Waals surface area contributed by atoms with Crippen molar-refractivity contribution in [2.24, 2.45) is 0 Å². The Balaban J connectivity index is 1.66. The van der Waals surface area contributed by atoms with Crippen LogP contribution >= 0.6 is 11.3 Å². The highest BCUT2D eigenvalue weighted by Gasteiger charge is 2.17. The molecule has 0 spiro atoms. The molecule has 1 aromatic carbocycles. The van der Waals surface area contributed by atoms with Gasteiger partial charge in [-0.25, -0.2) is 0 Å². The van der Waals surface area contributed by atoms with E-state index in [4.69, 9.17) is 9.47 Å². The summed E-state index contributed by atoms with van der Waals surface area (Å²) < 4.78 is 10.9. The summed E-state index contributed by atoms with van der Waals surface area (Å²) >= 11 is 1.52. The third-order valence-corrected chi connectivity index (χ3v) is 4.84. The first kappa shape index (κ1) is 15.2. The number of thiophene rings is 1. The van der Waals surface area contributed by atoms with Crippen LogP contribution in [-0.2, 0) is 9.47 Å².